The quantitative estimate of drug-likeness (QED) is 0.873. The molecule has 0 spiro atoms. The average molecular weight is 380 g/mol. The van der Waals surface area contributed by atoms with Crippen LogP contribution in [0.15, 0.2) is 48.5 Å². The van der Waals surface area contributed by atoms with E-state index in [-0.39, 0.29) is 23.9 Å². The van der Waals surface area contributed by atoms with Gasteiger partial charge < -0.3 is 19.9 Å². The molecule has 28 heavy (non-hydrogen) atoms. The Morgan fingerprint density at radius 1 is 1.07 bits per heavy atom. The molecule has 0 saturated carbocycles. The summed E-state index contributed by atoms with van der Waals surface area (Å²) in [4.78, 5) is 16.8. The fourth-order valence-corrected chi connectivity index (χ4v) is 4.42. The van der Waals surface area contributed by atoms with Crippen molar-refractivity contribution >= 4 is 23.0 Å². The molecular weight excluding hydrogens is 350 g/mol. The monoisotopic (exact) mass is 379 g/mol. The second kappa shape index (κ2) is 7.84. The lowest BCUT2D eigenvalue weighted by Crippen LogP contribution is -2.48. The van der Waals surface area contributed by atoms with E-state index in [1.54, 1.807) is 6.92 Å². The van der Waals surface area contributed by atoms with Crippen LogP contribution in [-0.2, 0) is 9.53 Å². The molecule has 0 aliphatic carbocycles. The molecule has 2 aliphatic rings. The third-order valence-electron chi connectivity index (χ3n) is 6.11. The molecule has 2 unspecified atom stereocenters. The van der Waals surface area contributed by atoms with E-state index in [1.807, 2.05) is 23.1 Å². The van der Waals surface area contributed by atoms with Crippen molar-refractivity contribution < 1.29 is 9.53 Å². The summed E-state index contributed by atoms with van der Waals surface area (Å²) in [5.74, 6) is 0.370. The highest BCUT2D eigenvalue weighted by atomic mass is 16.5. The van der Waals surface area contributed by atoms with Gasteiger partial charge in [0.25, 0.3) is 0 Å². The summed E-state index contributed by atoms with van der Waals surface area (Å²) >= 11 is 0. The molecule has 148 valence electrons. The molecule has 2 aromatic carbocycles. The smallest absolute Gasteiger partial charge is 0.224 e. The molecule has 0 bridgehead atoms. The minimum absolute atomic E-state index is 0.0953. The van der Waals surface area contributed by atoms with E-state index in [2.05, 4.69) is 54.4 Å². The highest BCUT2D eigenvalue weighted by molar-refractivity contribution is 5.94. The van der Waals surface area contributed by atoms with E-state index in [1.165, 1.54) is 11.3 Å². The number of anilines is 3. The molecule has 2 heterocycles. The van der Waals surface area contributed by atoms with Gasteiger partial charge in [0, 0.05) is 54.6 Å². The van der Waals surface area contributed by atoms with Crippen LogP contribution in [0.5, 0.6) is 0 Å². The fourth-order valence-electron chi connectivity index (χ4n) is 4.42. The molecule has 0 aromatic heterocycles. The summed E-state index contributed by atoms with van der Waals surface area (Å²) in [6, 6.07) is 17.1. The SMILES string of the molecule is CC(=O)N1c2ccc(N3CCOCC3)cc2[C@@H](Nc2ccccc2)C(C)C1C. The number of amides is 1. The van der Waals surface area contributed by atoms with E-state index >= 15 is 0 Å². The van der Waals surface area contributed by atoms with Gasteiger partial charge in [-0.15, -0.1) is 0 Å². The summed E-state index contributed by atoms with van der Waals surface area (Å²) in [7, 11) is 0. The molecule has 1 amide bonds. The zero-order chi connectivity index (χ0) is 19.7. The normalized spacial score (nSPS) is 24.6. The molecular formula is C23H29N3O2. The van der Waals surface area contributed by atoms with Gasteiger partial charge in [0.15, 0.2) is 0 Å². The first-order chi connectivity index (χ1) is 13.6. The van der Waals surface area contributed by atoms with Crippen LogP contribution in [0.2, 0.25) is 0 Å². The molecule has 5 nitrogen and oxygen atoms in total. The second-order valence-electron chi connectivity index (χ2n) is 7.82. The second-order valence-corrected chi connectivity index (χ2v) is 7.82. The third-order valence-corrected chi connectivity index (χ3v) is 6.11. The summed E-state index contributed by atoms with van der Waals surface area (Å²) in [5.41, 5.74) is 4.51. The molecule has 4 rings (SSSR count). The Labute approximate surface area is 167 Å². The number of nitrogens with zero attached hydrogens (tertiary/aromatic N) is 2. The predicted octanol–water partition coefficient (Wildman–Crippen LogP) is 4.07. The van der Waals surface area contributed by atoms with Crippen molar-refractivity contribution in [3.05, 3.63) is 54.1 Å². The largest absolute Gasteiger partial charge is 0.378 e. The molecule has 1 fully saturated rings. The molecule has 3 atom stereocenters. The summed E-state index contributed by atoms with van der Waals surface area (Å²) in [6.45, 7) is 9.35. The molecule has 1 saturated heterocycles. The maximum atomic E-state index is 12.4. The first-order valence-electron chi connectivity index (χ1n) is 10.1. The number of rotatable bonds is 3. The van der Waals surface area contributed by atoms with Crippen molar-refractivity contribution in [2.24, 2.45) is 5.92 Å². The molecule has 1 N–H and O–H groups in total. The van der Waals surface area contributed by atoms with Gasteiger partial charge in [-0.3, -0.25) is 4.79 Å². The molecule has 2 aliphatic heterocycles. The van der Waals surface area contributed by atoms with Gasteiger partial charge in [-0.2, -0.15) is 0 Å². The number of hydrogen-bond donors (Lipinski definition) is 1. The topological polar surface area (TPSA) is 44.8 Å². The number of ether oxygens (including phenoxy) is 1. The molecule has 0 radical (unpaired) electrons. The number of hydrogen-bond acceptors (Lipinski definition) is 4. The van der Waals surface area contributed by atoms with E-state index in [4.69, 9.17) is 4.74 Å². The lowest BCUT2D eigenvalue weighted by Gasteiger charge is -2.44. The fraction of sp³-hybridized carbons (Fsp3) is 0.435. The van der Waals surface area contributed by atoms with Crippen molar-refractivity contribution in [1.82, 2.24) is 0 Å². The van der Waals surface area contributed by atoms with Gasteiger partial charge in [0.2, 0.25) is 5.91 Å². The van der Waals surface area contributed by atoms with Crippen LogP contribution in [0.4, 0.5) is 17.1 Å². The van der Waals surface area contributed by atoms with Crippen molar-refractivity contribution in [2.75, 3.05) is 41.4 Å². The number of fused-ring (bicyclic) bond motifs is 1. The minimum Gasteiger partial charge on any atom is -0.378 e. The first-order valence-corrected chi connectivity index (χ1v) is 10.1. The van der Waals surface area contributed by atoms with Crippen LogP contribution in [0.3, 0.4) is 0 Å². The van der Waals surface area contributed by atoms with Crippen LogP contribution in [0.25, 0.3) is 0 Å². The lowest BCUT2D eigenvalue weighted by atomic mass is 9.82. The zero-order valence-corrected chi connectivity index (χ0v) is 16.9. The Hall–Kier alpha value is -2.53. The zero-order valence-electron chi connectivity index (χ0n) is 16.9. The summed E-state index contributed by atoms with van der Waals surface area (Å²) < 4.78 is 5.51. The summed E-state index contributed by atoms with van der Waals surface area (Å²) in [6.07, 6.45) is 0. The number of benzene rings is 2. The van der Waals surface area contributed by atoms with E-state index in [9.17, 15) is 4.79 Å². The lowest BCUT2D eigenvalue weighted by molar-refractivity contribution is -0.117. The Kier molecular flexibility index (Phi) is 5.27. The summed E-state index contributed by atoms with van der Waals surface area (Å²) in [5, 5.41) is 3.73. The highest BCUT2D eigenvalue weighted by Gasteiger charge is 2.38. The van der Waals surface area contributed by atoms with Crippen LogP contribution < -0.4 is 15.1 Å². The van der Waals surface area contributed by atoms with Crippen molar-refractivity contribution in [3.8, 4) is 0 Å². The number of morpholine rings is 1. The van der Waals surface area contributed by atoms with Crippen molar-refractivity contribution in [1.29, 1.82) is 0 Å². The predicted molar refractivity (Wildman–Crippen MR) is 114 cm³/mol. The van der Waals surface area contributed by atoms with Gasteiger partial charge in [-0.1, -0.05) is 25.1 Å². The Bertz CT molecular complexity index is 833. The number of carbonyl (C=O) groups excluding carboxylic acids is 1. The van der Waals surface area contributed by atoms with Gasteiger partial charge in [0.1, 0.15) is 0 Å². The number of para-hydroxylation sites is 1. The van der Waals surface area contributed by atoms with Crippen LogP contribution in [0.1, 0.15) is 32.4 Å². The number of carbonyl (C=O) groups is 1. The average Bonchev–Trinajstić information content (AvgIpc) is 2.72. The van der Waals surface area contributed by atoms with Gasteiger partial charge in [-0.25, -0.2) is 0 Å². The minimum atomic E-state index is 0.0953. The molecule has 2 aromatic rings. The van der Waals surface area contributed by atoms with Gasteiger partial charge >= 0.3 is 0 Å². The Morgan fingerprint density at radius 3 is 2.46 bits per heavy atom. The van der Waals surface area contributed by atoms with E-state index in [0.717, 1.165) is 37.7 Å². The van der Waals surface area contributed by atoms with Crippen LogP contribution >= 0.6 is 0 Å². The van der Waals surface area contributed by atoms with Gasteiger partial charge in [-0.05, 0) is 37.3 Å². The van der Waals surface area contributed by atoms with Crippen molar-refractivity contribution in [2.45, 2.75) is 32.9 Å². The van der Waals surface area contributed by atoms with Crippen LogP contribution in [0, 0.1) is 5.92 Å². The highest BCUT2D eigenvalue weighted by Crippen LogP contribution is 2.44. The van der Waals surface area contributed by atoms with Gasteiger partial charge in [0.05, 0.1) is 19.3 Å². The maximum Gasteiger partial charge on any atom is 0.224 e. The Balaban J connectivity index is 1.76. The Morgan fingerprint density at radius 2 is 1.79 bits per heavy atom. The maximum absolute atomic E-state index is 12.4. The van der Waals surface area contributed by atoms with Crippen molar-refractivity contribution in [3.63, 3.8) is 0 Å². The van der Waals surface area contributed by atoms with Crippen LogP contribution in [-0.4, -0.2) is 38.3 Å². The first kappa shape index (κ1) is 18.8. The third kappa shape index (κ3) is 3.47. The standard InChI is InChI=1S/C23H29N3O2/c1-16-17(2)26(18(3)27)22-10-9-20(25-11-13-28-14-12-25)15-21(22)23(16)24-19-7-5-4-6-8-19/h4-10,15-17,23-24H,11-14H2,1-3H3/t16?,17?,23-/m0/s1. The molecule has 5 heteroatoms. The number of nitrogens with one attached hydrogen (secondary N) is 1. The van der Waals surface area contributed by atoms with E-state index < -0.39 is 0 Å². The van der Waals surface area contributed by atoms with E-state index in [0.29, 0.717) is 0 Å².